The fourth-order valence-electron chi connectivity index (χ4n) is 1.77. The van der Waals surface area contributed by atoms with Crippen LogP contribution in [0.25, 0.3) is 11.4 Å². The summed E-state index contributed by atoms with van der Waals surface area (Å²) in [6.45, 7) is 5.70. The largest absolute Gasteiger partial charge is 0.462 e. The predicted octanol–water partition coefficient (Wildman–Crippen LogP) is 2.72. The van der Waals surface area contributed by atoms with Crippen molar-refractivity contribution in [3.8, 4) is 11.4 Å². The lowest BCUT2D eigenvalue weighted by Gasteiger charge is -2.05. The van der Waals surface area contributed by atoms with Crippen molar-refractivity contribution in [3.63, 3.8) is 0 Å². The second kappa shape index (κ2) is 6.61. The van der Waals surface area contributed by atoms with Gasteiger partial charge in [-0.1, -0.05) is 6.58 Å². The van der Waals surface area contributed by atoms with Gasteiger partial charge in [0.2, 0.25) is 0 Å². The molecular formula is C16H16N2O2. The number of aryl methyl sites for hydroxylation is 1. The van der Waals surface area contributed by atoms with Crippen LogP contribution in [0.2, 0.25) is 0 Å². The Balaban J connectivity index is 2.08. The van der Waals surface area contributed by atoms with Crippen LogP contribution in [-0.2, 0) is 16.0 Å². The average molecular weight is 268 g/mol. The van der Waals surface area contributed by atoms with Gasteiger partial charge in [-0.15, -0.1) is 0 Å². The van der Waals surface area contributed by atoms with Gasteiger partial charge >= 0.3 is 5.97 Å². The van der Waals surface area contributed by atoms with Gasteiger partial charge in [-0.05, 0) is 42.3 Å². The number of esters is 1. The van der Waals surface area contributed by atoms with Crippen LogP contribution in [0.5, 0.6) is 0 Å². The zero-order valence-electron chi connectivity index (χ0n) is 11.4. The first-order valence-corrected chi connectivity index (χ1v) is 6.36. The van der Waals surface area contributed by atoms with E-state index in [0.717, 1.165) is 28.6 Å². The Kier molecular flexibility index (Phi) is 4.60. The molecule has 0 saturated heterocycles. The minimum absolute atomic E-state index is 0.329. The molecule has 0 aliphatic carbocycles. The molecular weight excluding hydrogens is 252 g/mol. The van der Waals surface area contributed by atoms with Gasteiger partial charge in [-0.3, -0.25) is 9.97 Å². The zero-order chi connectivity index (χ0) is 14.4. The van der Waals surface area contributed by atoms with Crippen molar-refractivity contribution in [3.05, 3.63) is 60.4 Å². The molecule has 2 aromatic rings. The van der Waals surface area contributed by atoms with Crippen molar-refractivity contribution in [1.29, 1.82) is 0 Å². The topological polar surface area (TPSA) is 52.1 Å². The van der Waals surface area contributed by atoms with E-state index in [9.17, 15) is 4.79 Å². The molecule has 4 heteroatoms. The normalized spacial score (nSPS) is 10.1. The summed E-state index contributed by atoms with van der Waals surface area (Å²) >= 11 is 0. The highest BCUT2D eigenvalue weighted by Gasteiger charge is 2.03. The Morgan fingerprint density at radius 3 is 2.65 bits per heavy atom. The summed E-state index contributed by atoms with van der Waals surface area (Å²) in [5, 5.41) is 0. The van der Waals surface area contributed by atoms with Crippen LogP contribution < -0.4 is 0 Å². The smallest absolute Gasteiger partial charge is 0.330 e. The molecule has 0 aliphatic rings. The molecule has 4 nitrogen and oxygen atoms in total. The highest BCUT2D eigenvalue weighted by molar-refractivity contribution is 5.81. The van der Waals surface area contributed by atoms with E-state index in [1.807, 2.05) is 31.2 Å². The summed E-state index contributed by atoms with van der Waals surface area (Å²) in [6, 6.07) is 7.80. The maximum Gasteiger partial charge on any atom is 0.330 e. The SMILES string of the molecule is C=CC(=O)OCCc1ccnc(-c2cc(C)ccn2)c1. The monoisotopic (exact) mass is 268 g/mol. The number of hydrogen-bond donors (Lipinski definition) is 0. The van der Waals surface area contributed by atoms with Crippen LogP contribution in [0.1, 0.15) is 11.1 Å². The molecule has 102 valence electrons. The van der Waals surface area contributed by atoms with E-state index in [-0.39, 0.29) is 0 Å². The molecule has 2 heterocycles. The quantitative estimate of drug-likeness (QED) is 0.618. The Hall–Kier alpha value is -2.49. The fraction of sp³-hybridized carbons (Fsp3) is 0.188. The van der Waals surface area contributed by atoms with Gasteiger partial charge in [0.25, 0.3) is 0 Å². The minimum atomic E-state index is -0.403. The van der Waals surface area contributed by atoms with Gasteiger partial charge in [-0.2, -0.15) is 0 Å². The van der Waals surface area contributed by atoms with Crippen LogP contribution in [0.3, 0.4) is 0 Å². The Morgan fingerprint density at radius 2 is 1.95 bits per heavy atom. The number of carbonyl (C=O) groups excluding carboxylic acids is 1. The van der Waals surface area contributed by atoms with Crippen molar-refractivity contribution in [2.75, 3.05) is 6.61 Å². The molecule has 0 saturated carbocycles. The van der Waals surface area contributed by atoms with E-state index >= 15 is 0 Å². The molecule has 20 heavy (non-hydrogen) atoms. The highest BCUT2D eigenvalue weighted by Crippen LogP contribution is 2.16. The van der Waals surface area contributed by atoms with E-state index in [1.54, 1.807) is 12.4 Å². The lowest BCUT2D eigenvalue weighted by molar-refractivity contribution is -0.137. The number of ether oxygens (including phenoxy) is 1. The molecule has 0 unspecified atom stereocenters. The van der Waals surface area contributed by atoms with Gasteiger partial charge in [0.1, 0.15) is 0 Å². The van der Waals surface area contributed by atoms with Crippen molar-refractivity contribution in [2.45, 2.75) is 13.3 Å². The second-order valence-electron chi connectivity index (χ2n) is 4.39. The molecule has 0 fully saturated rings. The van der Waals surface area contributed by atoms with Crippen LogP contribution >= 0.6 is 0 Å². The van der Waals surface area contributed by atoms with Crippen LogP contribution in [0, 0.1) is 6.92 Å². The fourth-order valence-corrected chi connectivity index (χ4v) is 1.77. The molecule has 2 aromatic heterocycles. The third kappa shape index (κ3) is 3.75. The molecule has 2 rings (SSSR count). The molecule has 0 spiro atoms. The first-order valence-electron chi connectivity index (χ1n) is 6.36. The van der Waals surface area contributed by atoms with E-state index in [1.165, 1.54) is 0 Å². The standard InChI is InChI=1S/C16H16N2O2/c1-3-16(19)20-9-6-13-5-8-18-15(11-13)14-10-12(2)4-7-17-14/h3-5,7-8,10-11H,1,6,9H2,2H3. The number of aromatic nitrogens is 2. The van der Waals surface area contributed by atoms with Gasteiger partial charge < -0.3 is 4.74 Å². The summed E-state index contributed by atoms with van der Waals surface area (Å²) in [7, 11) is 0. The van der Waals surface area contributed by atoms with E-state index in [2.05, 4.69) is 16.5 Å². The van der Waals surface area contributed by atoms with Crippen molar-refractivity contribution < 1.29 is 9.53 Å². The average Bonchev–Trinajstić information content (AvgIpc) is 2.47. The van der Waals surface area contributed by atoms with Crippen molar-refractivity contribution in [1.82, 2.24) is 9.97 Å². The number of hydrogen-bond acceptors (Lipinski definition) is 4. The Bertz CT molecular complexity index is 623. The maximum atomic E-state index is 11.0. The predicted molar refractivity (Wildman–Crippen MR) is 77.1 cm³/mol. The molecule has 0 radical (unpaired) electrons. The lowest BCUT2D eigenvalue weighted by Crippen LogP contribution is -2.04. The molecule has 0 bridgehead atoms. The van der Waals surface area contributed by atoms with E-state index in [4.69, 9.17) is 4.74 Å². The van der Waals surface area contributed by atoms with E-state index in [0.29, 0.717) is 13.0 Å². The van der Waals surface area contributed by atoms with Gasteiger partial charge in [0.05, 0.1) is 18.0 Å². The van der Waals surface area contributed by atoms with Crippen molar-refractivity contribution in [2.24, 2.45) is 0 Å². The summed E-state index contributed by atoms with van der Waals surface area (Å²) in [6.07, 6.45) is 5.31. The van der Waals surface area contributed by atoms with Crippen LogP contribution in [0.4, 0.5) is 0 Å². The number of pyridine rings is 2. The lowest BCUT2D eigenvalue weighted by atomic mass is 10.1. The zero-order valence-corrected chi connectivity index (χ0v) is 11.4. The maximum absolute atomic E-state index is 11.0. The van der Waals surface area contributed by atoms with Gasteiger partial charge in [-0.25, -0.2) is 4.79 Å². The number of nitrogens with zero attached hydrogens (tertiary/aromatic N) is 2. The third-order valence-corrected chi connectivity index (χ3v) is 2.80. The minimum Gasteiger partial charge on any atom is -0.462 e. The first kappa shape index (κ1) is 13.9. The molecule has 0 N–H and O–H groups in total. The molecule has 0 aromatic carbocycles. The third-order valence-electron chi connectivity index (χ3n) is 2.80. The van der Waals surface area contributed by atoms with Crippen LogP contribution in [0.15, 0.2) is 49.3 Å². The first-order chi connectivity index (χ1) is 9.69. The van der Waals surface area contributed by atoms with Gasteiger partial charge in [0.15, 0.2) is 0 Å². The number of carbonyl (C=O) groups is 1. The van der Waals surface area contributed by atoms with E-state index < -0.39 is 5.97 Å². The molecule has 0 aliphatic heterocycles. The highest BCUT2D eigenvalue weighted by atomic mass is 16.5. The summed E-state index contributed by atoms with van der Waals surface area (Å²) < 4.78 is 4.97. The van der Waals surface area contributed by atoms with Crippen molar-refractivity contribution >= 4 is 5.97 Å². The number of rotatable bonds is 5. The Labute approximate surface area is 118 Å². The molecule has 0 amide bonds. The second-order valence-corrected chi connectivity index (χ2v) is 4.39. The summed E-state index contributed by atoms with van der Waals surface area (Å²) in [5.41, 5.74) is 3.86. The molecule has 0 atom stereocenters. The Morgan fingerprint density at radius 1 is 1.25 bits per heavy atom. The summed E-state index contributed by atoms with van der Waals surface area (Å²) in [4.78, 5) is 19.6. The summed E-state index contributed by atoms with van der Waals surface area (Å²) in [5.74, 6) is -0.403. The van der Waals surface area contributed by atoms with Crippen LogP contribution in [-0.4, -0.2) is 22.5 Å². The van der Waals surface area contributed by atoms with Gasteiger partial charge in [0, 0.05) is 24.9 Å².